The van der Waals surface area contributed by atoms with E-state index in [1.165, 1.54) is 35.5 Å². The second-order valence-electron chi connectivity index (χ2n) is 18.3. The Kier molecular flexibility index (Phi) is 11.9. The van der Waals surface area contributed by atoms with Crippen LogP contribution in [0.4, 0.5) is 25.8 Å². The van der Waals surface area contributed by atoms with Crippen LogP contribution in [0.2, 0.25) is 0 Å². The van der Waals surface area contributed by atoms with E-state index in [0.717, 1.165) is 62.5 Å². The summed E-state index contributed by atoms with van der Waals surface area (Å²) in [5.74, 6) is -0.199. The molecular formula is C45H53F2N7O8S. The van der Waals surface area contributed by atoms with Gasteiger partial charge in [-0.2, -0.15) is 0 Å². The van der Waals surface area contributed by atoms with Crippen molar-refractivity contribution in [3.8, 4) is 11.5 Å². The molecule has 2 aromatic carbocycles. The minimum Gasteiger partial charge on any atom is -0.455 e. The van der Waals surface area contributed by atoms with Crippen LogP contribution in [0.1, 0.15) is 56.3 Å². The molecule has 4 aromatic rings. The molecule has 0 spiro atoms. The molecule has 2 saturated heterocycles. The zero-order chi connectivity index (χ0) is 44.0. The van der Waals surface area contributed by atoms with Crippen molar-refractivity contribution in [2.24, 2.45) is 29.1 Å². The van der Waals surface area contributed by atoms with Gasteiger partial charge in [0, 0.05) is 74.6 Å². The van der Waals surface area contributed by atoms with E-state index in [4.69, 9.17) is 14.2 Å². The first-order valence-corrected chi connectivity index (χ1v) is 23.2. The highest BCUT2D eigenvalue weighted by Crippen LogP contribution is 2.64. The van der Waals surface area contributed by atoms with Gasteiger partial charge >= 0.3 is 0 Å². The zero-order valence-electron chi connectivity index (χ0n) is 35.4. The predicted molar refractivity (Wildman–Crippen MR) is 232 cm³/mol. The van der Waals surface area contributed by atoms with Crippen LogP contribution in [-0.2, 0) is 19.5 Å². The van der Waals surface area contributed by atoms with Crippen LogP contribution in [0.25, 0.3) is 11.0 Å². The van der Waals surface area contributed by atoms with Gasteiger partial charge in [-0.05, 0) is 91.7 Å². The zero-order valence-corrected chi connectivity index (χ0v) is 36.2. The number of piperazine rings is 1. The van der Waals surface area contributed by atoms with Crippen LogP contribution in [0.5, 0.6) is 11.5 Å². The Morgan fingerprint density at radius 2 is 1.90 bits per heavy atom. The second-order valence-corrected chi connectivity index (χ2v) is 20.0. The number of nitrogens with zero attached hydrogens (tertiary/aromatic N) is 4. The van der Waals surface area contributed by atoms with Crippen molar-refractivity contribution in [1.82, 2.24) is 19.6 Å². The van der Waals surface area contributed by atoms with E-state index < -0.39 is 43.8 Å². The van der Waals surface area contributed by atoms with Gasteiger partial charge in [-0.15, -0.1) is 0 Å². The first kappa shape index (κ1) is 43.1. The lowest BCUT2D eigenvalue weighted by molar-refractivity contribution is -0.384. The predicted octanol–water partition coefficient (Wildman–Crippen LogP) is 7.38. The molecule has 1 amide bonds. The number of pyridine rings is 1. The van der Waals surface area contributed by atoms with E-state index in [1.54, 1.807) is 24.4 Å². The fourth-order valence-electron chi connectivity index (χ4n) is 10.1. The molecule has 9 rings (SSSR count). The number of fused-ring (bicyclic) bond motifs is 2. The number of nitro groups is 1. The lowest BCUT2D eigenvalue weighted by Crippen LogP contribution is -2.47. The lowest BCUT2D eigenvalue weighted by atomic mass is 9.69. The Bertz CT molecular complexity index is 2520. The number of ether oxygens (including phenoxy) is 3. The highest BCUT2D eigenvalue weighted by molar-refractivity contribution is 7.90. The molecule has 15 nitrogen and oxygen atoms in total. The van der Waals surface area contributed by atoms with Crippen LogP contribution in [0, 0.1) is 39.2 Å². The number of hydrogen-bond acceptors (Lipinski definition) is 12. The Morgan fingerprint density at radius 1 is 1.08 bits per heavy atom. The molecule has 5 aliphatic rings. The van der Waals surface area contributed by atoms with E-state index in [-0.39, 0.29) is 46.9 Å². The third kappa shape index (κ3) is 9.40. The number of H-pyrrole nitrogens is 1. The summed E-state index contributed by atoms with van der Waals surface area (Å²) in [7, 11) is -4.60. The van der Waals surface area contributed by atoms with Crippen LogP contribution < -0.4 is 19.7 Å². The molecule has 4 heterocycles. The van der Waals surface area contributed by atoms with Crippen molar-refractivity contribution in [3.63, 3.8) is 0 Å². The number of hydrogen-bond donors (Lipinski definition) is 3. The van der Waals surface area contributed by atoms with Crippen molar-refractivity contribution in [1.29, 1.82) is 0 Å². The van der Waals surface area contributed by atoms with Crippen LogP contribution in [0.3, 0.4) is 0 Å². The third-order valence-corrected chi connectivity index (χ3v) is 14.9. The maximum atomic E-state index is 13.9. The summed E-state index contributed by atoms with van der Waals surface area (Å²) in [5, 5.41) is 15.8. The fourth-order valence-corrected chi connectivity index (χ4v) is 11.1. The molecule has 4 fully saturated rings. The average Bonchev–Trinajstić information content (AvgIpc) is 3.72. The Balaban J connectivity index is 0.918. The van der Waals surface area contributed by atoms with Gasteiger partial charge in [0.15, 0.2) is 0 Å². The van der Waals surface area contributed by atoms with Gasteiger partial charge < -0.3 is 29.4 Å². The number of alkyl halides is 2. The van der Waals surface area contributed by atoms with Gasteiger partial charge in [-0.25, -0.2) is 26.9 Å². The molecule has 5 atom stereocenters. The Morgan fingerprint density at radius 3 is 2.65 bits per heavy atom. The number of aromatic amines is 1. The van der Waals surface area contributed by atoms with Crippen LogP contribution in [-0.4, -0.2) is 106 Å². The number of sulfonamides is 1. The van der Waals surface area contributed by atoms with Crippen molar-refractivity contribution < 1.29 is 41.1 Å². The normalized spacial score (nSPS) is 25.0. The number of benzene rings is 2. The van der Waals surface area contributed by atoms with Crippen molar-refractivity contribution in [2.75, 3.05) is 69.3 Å². The van der Waals surface area contributed by atoms with Gasteiger partial charge in [0.1, 0.15) is 22.8 Å². The van der Waals surface area contributed by atoms with Gasteiger partial charge in [0.05, 0.1) is 47.5 Å². The smallest absolute Gasteiger partial charge is 0.293 e. The van der Waals surface area contributed by atoms with Gasteiger partial charge in [0.25, 0.3) is 21.6 Å². The van der Waals surface area contributed by atoms with E-state index in [2.05, 4.69) is 43.7 Å². The van der Waals surface area contributed by atoms with Crippen LogP contribution >= 0.6 is 0 Å². The average molecular weight is 890 g/mol. The van der Waals surface area contributed by atoms with Crippen molar-refractivity contribution >= 4 is 44.0 Å². The minimum absolute atomic E-state index is 0.0730. The molecule has 2 saturated carbocycles. The monoisotopic (exact) mass is 889 g/mol. The van der Waals surface area contributed by atoms with Crippen molar-refractivity contribution in [3.05, 3.63) is 87.7 Å². The number of allylic oxidation sites excluding steroid dienone is 1. The van der Waals surface area contributed by atoms with Crippen LogP contribution in [0.15, 0.2) is 77.0 Å². The standard InChI is InChI=1S/C45H53F2N7O8S/c1-45(2)9-7-28(38(22-45)36-21-37(42(46)47)35-20-34(35)36)25-52-11-13-53(14-12-52)29-3-5-33(41(18-29)62-30-17-27-8-10-48-43(27)50-23-30)44(55)51-63(58,59)32-4-6-39(40(19-32)54(56)57)49-24-31-26-60-15-16-61-31/h3-6,8,10,17-19,23,31,34-37,42,49H,7,9,11-16,20-22,24-26H2,1-2H3,(H,48,50)(H,51,55)/t31?,34?,35?,36-,37+/m1/s1. The molecule has 3 N–H and O–H groups in total. The number of rotatable bonds is 14. The molecule has 2 aliphatic heterocycles. The fraction of sp³-hybridized carbons (Fsp3) is 0.511. The lowest BCUT2D eigenvalue weighted by Gasteiger charge is -2.40. The Hall–Kier alpha value is -5.17. The number of halogens is 2. The van der Waals surface area contributed by atoms with Crippen molar-refractivity contribution in [2.45, 2.75) is 63.4 Å². The third-order valence-electron chi connectivity index (χ3n) is 13.6. The summed E-state index contributed by atoms with van der Waals surface area (Å²) in [5.41, 5.74) is 3.97. The molecule has 18 heteroatoms. The topological polar surface area (TPSA) is 181 Å². The number of carbonyl (C=O) groups is 1. The second kappa shape index (κ2) is 17.4. The highest BCUT2D eigenvalue weighted by atomic mass is 32.2. The van der Waals surface area contributed by atoms with Gasteiger partial charge in [-0.1, -0.05) is 25.0 Å². The first-order valence-electron chi connectivity index (χ1n) is 21.7. The van der Waals surface area contributed by atoms with E-state index in [1.807, 2.05) is 6.07 Å². The summed E-state index contributed by atoms with van der Waals surface area (Å²) in [4.78, 5) is 36.9. The summed E-state index contributed by atoms with van der Waals surface area (Å²) in [6.45, 7) is 9.69. The van der Waals surface area contributed by atoms with E-state index in [9.17, 15) is 32.1 Å². The summed E-state index contributed by atoms with van der Waals surface area (Å²) in [6.07, 6.45) is 5.24. The molecule has 3 aliphatic carbocycles. The maximum absolute atomic E-state index is 13.9. The molecular weight excluding hydrogens is 837 g/mol. The van der Waals surface area contributed by atoms with Gasteiger partial charge in [0.2, 0.25) is 6.43 Å². The largest absolute Gasteiger partial charge is 0.455 e. The number of nitrogens with one attached hydrogen (secondary N) is 3. The number of carbonyl (C=O) groups excluding carboxylic acids is 1. The molecule has 63 heavy (non-hydrogen) atoms. The molecule has 3 unspecified atom stereocenters. The molecule has 2 aromatic heterocycles. The SMILES string of the molecule is CC1(C)CCC(CN2CCN(c3ccc(C(=O)NS(=O)(=O)c4ccc(NCC5COCCO5)c([N+](=O)[O-])c4)c(Oc4cnc5[nH]ccc5c4)c3)CC2)=C([C@@H]2C[C@H](C(F)F)C3CC32)C1. The number of anilines is 2. The maximum Gasteiger partial charge on any atom is 0.293 e. The number of amides is 1. The van der Waals surface area contributed by atoms with E-state index in [0.29, 0.717) is 56.6 Å². The number of aromatic nitrogens is 2. The Labute approximate surface area is 364 Å². The first-order chi connectivity index (χ1) is 30.2. The summed E-state index contributed by atoms with van der Waals surface area (Å²) < 4.78 is 74.5. The molecule has 0 radical (unpaired) electrons. The summed E-state index contributed by atoms with van der Waals surface area (Å²) >= 11 is 0. The quantitative estimate of drug-likeness (QED) is 0.0651. The van der Waals surface area contributed by atoms with Gasteiger partial charge in [-0.3, -0.25) is 19.8 Å². The van der Waals surface area contributed by atoms with E-state index >= 15 is 0 Å². The minimum atomic E-state index is -4.60. The highest BCUT2D eigenvalue weighted by Gasteiger charge is 2.58. The number of nitro benzene ring substituents is 1. The summed E-state index contributed by atoms with van der Waals surface area (Å²) in [6, 6.07) is 11.9. The molecule has 336 valence electrons. The molecule has 0 bridgehead atoms.